The molecule has 2 saturated heterocycles. The van der Waals surface area contributed by atoms with Crippen molar-refractivity contribution in [2.75, 3.05) is 33.7 Å². The molecule has 1 amide bonds. The number of nitrogens with zero attached hydrogens (tertiary/aromatic N) is 2. The van der Waals surface area contributed by atoms with Gasteiger partial charge in [0.15, 0.2) is 0 Å². The zero-order chi connectivity index (χ0) is 9.47. The number of hydrogen-bond donors (Lipinski definition) is 0. The number of piperidine rings is 1. The molecule has 2 rings (SSSR count). The Morgan fingerprint density at radius 2 is 2.00 bits per heavy atom. The second-order valence-corrected chi connectivity index (χ2v) is 4.60. The molecule has 2 heterocycles. The molecule has 74 valence electrons. The summed E-state index contributed by atoms with van der Waals surface area (Å²) in [5.41, 5.74) is -0.0122. The van der Waals surface area contributed by atoms with Crippen LogP contribution in [0.3, 0.4) is 0 Å². The van der Waals surface area contributed by atoms with E-state index in [1.807, 2.05) is 11.9 Å². The molecule has 2 aliphatic heterocycles. The Morgan fingerprint density at radius 3 is 2.62 bits per heavy atom. The van der Waals surface area contributed by atoms with Crippen molar-refractivity contribution in [1.82, 2.24) is 9.80 Å². The highest BCUT2D eigenvalue weighted by atomic mass is 16.2. The zero-order valence-corrected chi connectivity index (χ0v) is 8.55. The maximum Gasteiger partial charge on any atom is 0.229 e. The van der Waals surface area contributed by atoms with Gasteiger partial charge in [-0.25, -0.2) is 0 Å². The summed E-state index contributed by atoms with van der Waals surface area (Å²) < 4.78 is 0. The molecule has 0 aromatic rings. The van der Waals surface area contributed by atoms with Crippen LogP contribution in [-0.4, -0.2) is 49.4 Å². The highest BCUT2D eigenvalue weighted by Gasteiger charge is 2.46. The van der Waals surface area contributed by atoms with Crippen LogP contribution in [0, 0.1) is 5.41 Å². The first-order valence-corrected chi connectivity index (χ1v) is 5.08. The van der Waals surface area contributed by atoms with E-state index in [4.69, 9.17) is 0 Å². The molecule has 0 aromatic heterocycles. The van der Waals surface area contributed by atoms with E-state index in [9.17, 15) is 4.79 Å². The average molecular weight is 182 g/mol. The number of carbonyl (C=O) groups excluding carboxylic acids is 1. The summed E-state index contributed by atoms with van der Waals surface area (Å²) in [4.78, 5) is 16.2. The molecule has 0 radical (unpaired) electrons. The highest BCUT2D eigenvalue weighted by molar-refractivity contribution is 5.83. The van der Waals surface area contributed by atoms with Crippen molar-refractivity contribution in [3.05, 3.63) is 0 Å². The third kappa shape index (κ3) is 1.35. The van der Waals surface area contributed by atoms with Gasteiger partial charge in [-0.05, 0) is 32.9 Å². The zero-order valence-electron chi connectivity index (χ0n) is 8.55. The van der Waals surface area contributed by atoms with Crippen molar-refractivity contribution in [3.63, 3.8) is 0 Å². The summed E-state index contributed by atoms with van der Waals surface area (Å²) in [7, 11) is 4.04. The number of likely N-dealkylation sites (tertiary alicyclic amines) is 2. The first-order chi connectivity index (χ1) is 6.14. The quantitative estimate of drug-likeness (QED) is 0.546. The van der Waals surface area contributed by atoms with E-state index in [1.54, 1.807) is 0 Å². The average Bonchev–Trinajstić information content (AvgIpc) is 2.45. The van der Waals surface area contributed by atoms with Gasteiger partial charge in [0.1, 0.15) is 0 Å². The molecule has 0 unspecified atom stereocenters. The SMILES string of the molecule is CN1CC[C@@]2(CCCN(C)C2=O)C1. The summed E-state index contributed by atoms with van der Waals surface area (Å²) >= 11 is 0. The Hall–Kier alpha value is -0.570. The van der Waals surface area contributed by atoms with Crippen LogP contribution in [0.15, 0.2) is 0 Å². The van der Waals surface area contributed by atoms with Crippen LogP contribution in [0.5, 0.6) is 0 Å². The molecule has 0 N–H and O–H groups in total. The Morgan fingerprint density at radius 1 is 1.23 bits per heavy atom. The van der Waals surface area contributed by atoms with E-state index in [1.165, 1.54) is 6.42 Å². The van der Waals surface area contributed by atoms with Crippen LogP contribution in [-0.2, 0) is 4.79 Å². The molecule has 13 heavy (non-hydrogen) atoms. The van der Waals surface area contributed by atoms with E-state index >= 15 is 0 Å². The summed E-state index contributed by atoms with van der Waals surface area (Å²) in [5, 5.41) is 0. The summed E-state index contributed by atoms with van der Waals surface area (Å²) in [6.45, 7) is 3.00. The smallest absolute Gasteiger partial charge is 0.229 e. The maximum atomic E-state index is 12.0. The van der Waals surface area contributed by atoms with Crippen LogP contribution < -0.4 is 0 Å². The molecule has 2 fully saturated rings. The second-order valence-electron chi connectivity index (χ2n) is 4.60. The summed E-state index contributed by atoms with van der Waals surface area (Å²) in [6.07, 6.45) is 3.34. The lowest BCUT2D eigenvalue weighted by Gasteiger charge is -2.37. The van der Waals surface area contributed by atoms with Gasteiger partial charge < -0.3 is 9.80 Å². The molecule has 0 bridgehead atoms. The molecule has 3 nitrogen and oxygen atoms in total. The molecule has 3 heteroatoms. The monoisotopic (exact) mass is 182 g/mol. The van der Waals surface area contributed by atoms with Crippen molar-refractivity contribution in [2.24, 2.45) is 5.41 Å². The fourth-order valence-corrected chi connectivity index (χ4v) is 2.73. The van der Waals surface area contributed by atoms with Crippen LogP contribution >= 0.6 is 0 Å². The topological polar surface area (TPSA) is 23.6 Å². The Balaban J connectivity index is 2.16. The van der Waals surface area contributed by atoms with Crippen LogP contribution in [0.25, 0.3) is 0 Å². The van der Waals surface area contributed by atoms with Gasteiger partial charge in [0, 0.05) is 20.1 Å². The van der Waals surface area contributed by atoms with Crippen molar-refractivity contribution in [2.45, 2.75) is 19.3 Å². The standard InChI is InChI=1S/C10H18N2O/c1-11-7-5-10(8-11)4-3-6-12(2)9(10)13/h3-8H2,1-2H3/t10-/m0/s1. The van der Waals surface area contributed by atoms with Gasteiger partial charge in [-0.1, -0.05) is 0 Å². The Bertz CT molecular complexity index is 225. The predicted octanol–water partition coefficient (Wildman–Crippen LogP) is 0.560. The van der Waals surface area contributed by atoms with Gasteiger partial charge in [0.25, 0.3) is 0 Å². The van der Waals surface area contributed by atoms with E-state index in [0.717, 1.165) is 32.5 Å². The summed E-state index contributed by atoms with van der Waals surface area (Å²) in [6, 6.07) is 0. The molecule has 1 spiro atoms. The normalized spacial score (nSPS) is 36.2. The van der Waals surface area contributed by atoms with Crippen LogP contribution in [0.2, 0.25) is 0 Å². The van der Waals surface area contributed by atoms with Crippen molar-refractivity contribution >= 4 is 5.91 Å². The molecule has 2 aliphatic rings. The molecular weight excluding hydrogens is 164 g/mol. The van der Waals surface area contributed by atoms with Crippen molar-refractivity contribution < 1.29 is 4.79 Å². The Kier molecular flexibility index (Phi) is 2.06. The van der Waals surface area contributed by atoms with Gasteiger partial charge in [0.05, 0.1) is 5.41 Å². The van der Waals surface area contributed by atoms with Gasteiger partial charge in [-0.15, -0.1) is 0 Å². The van der Waals surface area contributed by atoms with Gasteiger partial charge >= 0.3 is 0 Å². The second kappa shape index (κ2) is 2.98. The lowest BCUT2D eigenvalue weighted by molar-refractivity contribution is -0.143. The number of amides is 1. The third-order valence-corrected chi connectivity index (χ3v) is 3.49. The fourth-order valence-electron chi connectivity index (χ4n) is 2.73. The minimum absolute atomic E-state index is 0.0122. The molecular formula is C10H18N2O. The lowest BCUT2D eigenvalue weighted by atomic mass is 9.78. The van der Waals surface area contributed by atoms with Gasteiger partial charge in [0.2, 0.25) is 5.91 Å². The predicted molar refractivity (Wildman–Crippen MR) is 51.4 cm³/mol. The summed E-state index contributed by atoms with van der Waals surface area (Å²) in [5.74, 6) is 0.378. The molecule has 1 atom stereocenters. The molecule has 0 aliphatic carbocycles. The lowest BCUT2D eigenvalue weighted by Crippen LogP contribution is -2.48. The maximum absolute atomic E-state index is 12.0. The minimum atomic E-state index is -0.0122. The number of rotatable bonds is 0. The highest BCUT2D eigenvalue weighted by Crippen LogP contribution is 2.38. The fraction of sp³-hybridized carbons (Fsp3) is 0.900. The van der Waals surface area contributed by atoms with E-state index in [-0.39, 0.29) is 5.41 Å². The van der Waals surface area contributed by atoms with E-state index < -0.39 is 0 Å². The third-order valence-electron chi connectivity index (χ3n) is 3.49. The van der Waals surface area contributed by atoms with Gasteiger partial charge in [-0.3, -0.25) is 4.79 Å². The largest absolute Gasteiger partial charge is 0.345 e. The van der Waals surface area contributed by atoms with Crippen molar-refractivity contribution in [1.29, 1.82) is 0 Å². The van der Waals surface area contributed by atoms with E-state index in [2.05, 4.69) is 11.9 Å². The van der Waals surface area contributed by atoms with E-state index in [0.29, 0.717) is 5.91 Å². The minimum Gasteiger partial charge on any atom is -0.345 e. The Labute approximate surface area is 79.7 Å². The first-order valence-electron chi connectivity index (χ1n) is 5.08. The van der Waals surface area contributed by atoms with Crippen LogP contribution in [0.1, 0.15) is 19.3 Å². The van der Waals surface area contributed by atoms with Crippen molar-refractivity contribution in [3.8, 4) is 0 Å². The first kappa shape index (κ1) is 9.00. The van der Waals surface area contributed by atoms with Gasteiger partial charge in [-0.2, -0.15) is 0 Å². The number of carbonyl (C=O) groups is 1. The van der Waals surface area contributed by atoms with Crippen LogP contribution in [0.4, 0.5) is 0 Å². The molecule has 0 saturated carbocycles. The number of hydrogen-bond acceptors (Lipinski definition) is 2. The molecule has 0 aromatic carbocycles.